The Kier molecular flexibility index (Phi) is 3.98. The van der Waals surface area contributed by atoms with Gasteiger partial charge in [-0.1, -0.05) is 0 Å². The molecule has 0 aromatic rings. The Morgan fingerprint density at radius 3 is 3.00 bits per heavy atom. The van der Waals surface area contributed by atoms with Crippen LogP contribution < -0.4 is 16.6 Å². The van der Waals surface area contributed by atoms with Gasteiger partial charge in [0.05, 0.1) is 31.4 Å². The number of nitrogens with zero attached hydrogens (tertiary/aromatic N) is 1. The molecule has 6 heteroatoms. The van der Waals surface area contributed by atoms with Gasteiger partial charge in [0.25, 0.3) is 0 Å². The molecule has 0 radical (unpaired) electrons. The minimum Gasteiger partial charge on any atom is -0.383 e. The Morgan fingerprint density at radius 1 is 1.56 bits per heavy atom. The van der Waals surface area contributed by atoms with Gasteiger partial charge < -0.3 is 14.8 Å². The lowest BCUT2D eigenvalue weighted by atomic mass is 9.96. The average Bonchev–Trinajstić information content (AvgIpc) is 2.89. The van der Waals surface area contributed by atoms with Crippen molar-refractivity contribution in [1.29, 1.82) is 0 Å². The molecule has 0 aromatic heterocycles. The minimum absolute atomic E-state index is 0.325. The number of fused-ring (bicyclic) bond motifs is 2. The predicted octanol–water partition coefficient (Wildman–Crippen LogP) is -0.638. The molecule has 4 N–H and O–H groups in total. The van der Waals surface area contributed by atoms with Crippen molar-refractivity contribution in [2.45, 2.75) is 37.5 Å². The highest BCUT2D eigenvalue weighted by atomic mass is 16.5. The van der Waals surface area contributed by atoms with Crippen LogP contribution in [0.5, 0.6) is 0 Å². The Hall–Kier alpha value is -0.850. The Bertz CT molecular complexity index is 259. The van der Waals surface area contributed by atoms with Gasteiger partial charge >= 0.3 is 0 Å². The summed E-state index contributed by atoms with van der Waals surface area (Å²) in [6.07, 6.45) is 4.13. The highest BCUT2D eigenvalue weighted by Gasteiger charge is 2.40. The number of hydrazine groups is 1. The molecule has 16 heavy (non-hydrogen) atoms. The number of nitrogens with one attached hydrogen (secondary N) is 2. The van der Waals surface area contributed by atoms with Gasteiger partial charge in [0.15, 0.2) is 0 Å². The lowest BCUT2D eigenvalue weighted by molar-refractivity contribution is 0.0992. The molecule has 3 unspecified atom stereocenters. The number of rotatable bonds is 4. The van der Waals surface area contributed by atoms with Crippen LogP contribution in [0.15, 0.2) is 4.99 Å². The molecule has 2 bridgehead atoms. The van der Waals surface area contributed by atoms with Crippen molar-refractivity contribution in [3.63, 3.8) is 0 Å². The van der Waals surface area contributed by atoms with E-state index >= 15 is 0 Å². The zero-order valence-corrected chi connectivity index (χ0v) is 9.61. The molecule has 0 saturated carbocycles. The fourth-order valence-electron chi connectivity index (χ4n) is 2.35. The normalized spacial score (nSPS) is 33.1. The van der Waals surface area contributed by atoms with Crippen molar-refractivity contribution >= 4 is 5.96 Å². The molecule has 0 amide bonds. The summed E-state index contributed by atoms with van der Waals surface area (Å²) in [4.78, 5) is 4.27. The third kappa shape index (κ3) is 2.63. The second kappa shape index (κ2) is 5.47. The SMILES string of the molecule is COCCN=C(NN)NC1CC2CCC1O2. The van der Waals surface area contributed by atoms with E-state index in [0.717, 1.165) is 12.8 Å². The first kappa shape index (κ1) is 11.6. The smallest absolute Gasteiger partial charge is 0.206 e. The molecule has 0 spiro atoms. The molecule has 0 aliphatic carbocycles. The van der Waals surface area contributed by atoms with E-state index in [1.165, 1.54) is 6.42 Å². The van der Waals surface area contributed by atoms with Gasteiger partial charge in [-0.05, 0) is 19.3 Å². The molecule has 92 valence electrons. The molecular formula is C10H20N4O2. The number of ether oxygens (including phenoxy) is 2. The molecule has 2 heterocycles. The molecule has 2 saturated heterocycles. The molecule has 0 aromatic carbocycles. The van der Waals surface area contributed by atoms with Crippen molar-refractivity contribution in [2.24, 2.45) is 10.8 Å². The van der Waals surface area contributed by atoms with Gasteiger partial charge in [-0.2, -0.15) is 0 Å². The van der Waals surface area contributed by atoms with Crippen molar-refractivity contribution in [1.82, 2.24) is 10.7 Å². The fourth-order valence-corrected chi connectivity index (χ4v) is 2.35. The first-order chi connectivity index (χ1) is 7.83. The van der Waals surface area contributed by atoms with E-state index in [0.29, 0.717) is 37.4 Å². The van der Waals surface area contributed by atoms with Gasteiger partial charge in [-0.15, -0.1) is 0 Å². The molecule has 6 nitrogen and oxygen atoms in total. The summed E-state index contributed by atoms with van der Waals surface area (Å²) in [6.45, 7) is 1.20. The summed E-state index contributed by atoms with van der Waals surface area (Å²) in [6, 6.07) is 0.344. The van der Waals surface area contributed by atoms with Gasteiger partial charge in [-0.25, -0.2) is 10.8 Å². The topological polar surface area (TPSA) is 80.9 Å². The summed E-state index contributed by atoms with van der Waals surface area (Å²) in [5.74, 6) is 6.03. The lowest BCUT2D eigenvalue weighted by Crippen LogP contribution is -2.49. The van der Waals surface area contributed by atoms with Gasteiger partial charge in [0, 0.05) is 7.11 Å². The van der Waals surface area contributed by atoms with E-state index in [4.69, 9.17) is 15.3 Å². The van der Waals surface area contributed by atoms with E-state index in [1.807, 2.05) is 0 Å². The first-order valence-electron chi connectivity index (χ1n) is 5.75. The van der Waals surface area contributed by atoms with Gasteiger partial charge in [0.1, 0.15) is 0 Å². The van der Waals surface area contributed by atoms with E-state index in [1.54, 1.807) is 7.11 Å². The van der Waals surface area contributed by atoms with Crippen molar-refractivity contribution in [3.05, 3.63) is 0 Å². The molecular weight excluding hydrogens is 208 g/mol. The van der Waals surface area contributed by atoms with Crippen molar-refractivity contribution < 1.29 is 9.47 Å². The highest BCUT2D eigenvalue weighted by Crippen LogP contribution is 2.34. The maximum absolute atomic E-state index is 5.75. The van der Waals surface area contributed by atoms with E-state index in [9.17, 15) is 0 Å². The average molecular weight is 228 g/mol. The molecule has 2 rings (SSSR count). The number of hydrogen-bond donors (Lipinski definition) is 3. The number of methoxy groups -OCH3 is 1. The highest BCUT2D eigenvalue weighted by molar-refractivity contribution is 5.79. The fraction of sp³-hybridized carbons (Fsp3) is 0.900. The van der Waals surface area contributed by atoms with E-state index < -0.39 is 0 Å². The summed E-state index contributed by atoms with van der Waals surface area (Å²) < 4.78 is 10.7. The lowest BCUT2D eigenvalue weighted by Gasteiger charge is -2.21. The predicted molar refractivity (Wildman–Crippen MR) is 60.9 cm³/mol. The zero-order chi connectivity index (χ0) is 11.4. The number of nitrogens with two attached hydrogens (primary N) is 1. The number of guanidine groups is 1. The van der Waals surface area contributed by atoms with Crippen LogP contribution in [0.25, 0.3) is 0 Å². The number of hydrogen-bond acceptors (Lipinski definition) is 4. The van der Waals surface area contributed by atoms with Crippen LogP contribution in [-0.2, 0) is 9.47 Å². The second-order valence-corrected chi connectivity index (χ2v) is 4.23. The summed E-state index contributed by atoms with van der Waals surface area (Å²) >= 11 is 0. The molecule has 2 aliphatic heterocycles. The maximum Gasteiger partial charge on any atom is 0.206 e. The minimum atomic E-state index is 0.325. The number of aliphatic imine (C=N–C) groups is 1. The van der Waals surface area contributed by atoms with E-state index in [-0.39, 0.29) is 0 Å². The standard InChI is InChI=1S/C10H20N4O2/c1-15-5-4-12-10(14-11)13-8-6-7-2-3-9(8)16-7/h7-9H,2-6,11H2,1H3,(H2,12,13,14). The molecule has 2 aliphatic rings. The van der Waals surface area contributed by atoms with E-state index in [2.05, 4.69) is 15.7 Å². The summed E-state index contributed by atoms with van der Waals surface area (Å²) in [5, 5.41) is 3.29. The Labute approximate surface area is 95.5 Å². The first-order valence-corrected chi connectivity index (χ1v) is 5.75. The van der Waals surface area contributed by atoms with Crippen LogP contribution >= 0.6 is 0 Å². The van der Waals surface area contributed by atoms with Gasteiger partial charge in [-0.3, -0.25) is 5.43 Å². The summed E-state index contributed by atoms with van der Waals surface area (Å²) in [7, 11) is 1.66. The van der Waals surface area contributed by atoms with Crippen LogP contribution in [0.4, 0.5) is 0 Å². The van der Waals surface area contributed by atoms with Crippen molar-refractivity contribution in [3.8, 4) is 0 Å². The van der Waals surface area contributed by atoms with Crippen molar-refractivity contribution in [2.75, 3.05) is 20.3 Å². The van der Waals surface area contributed by atoms with Gasteiger partial charge in [0.2, 0.25) is 5.96 Å². The third-order valence-corrected chi connectivity index (χ3v) is 3.13. The Morgan fingerprint density at radius 2 is 2.44 bits per heavy atom. The quantitative estimate of drug-likeness (QED) is 0.196. The maximum atomic E-state index is 5.75. The zero-order valence-electron chi connectivity index (χ0n) is 9.61. The summed E-state index contributed by atoms with van der Waals surface area (Å²) in [5.41, 5.74) is 2.58. The molecule has 3 atom stereocenters. The monoisotopic (exact) mass is 228 g/mol. The van der Waals surface area contributed by atoms with Crippen LogP contribution in [0, 0.1) is 0 Å². The second-order valence-electron chi connectivity index (χ2n) is 4.23. The molecule has 2 fully saturated rings. The van der Waals surface area contributed by atoms with Crippen LogP contribution in [0.2, 0.25) is 0 Å². The largest absolute Gasteiger partial charge is 0.383 e. The van der Waals surface area contributed by atoms with Crippen LogP contribution in [0.3, 0.4) is 0 Å². The van der Waals surface area contributed by atoms with Crippen LogP contribution in [-0.4, -0.2) is 44.5 Å². The third-order valence-electron chi connectivity index (χ3n) is 3.13. The van der Waals surface area contributed by atoms with Crippen LogP contribution in [0.1, 0.15) is 19.3 Å². The Balaban J connectivity index is 1.80.